The maximum absolute atomic E-state index is 9.95. The summed E-state index contributed by atoms with van der Waals surface area (Å²) in [5.41, 5.74) is 0. The number of isocyanates is 2. The van der Waals surface area contributed by atoms with Gasteiger partial charge in [-0.15, -0.1) is 0 Å². The zero-order chi connectivity index (χ0) is 14.8. The molecule has 0 N–H and O–H groups in total. The molecule has 0 radical (unpaired) electrons. The van der Waals surface area contributed by atoms with Crippen molar-refractivity contribution in [2.45, 2.75) is 46.9 Å². The Balaban J connectivity index is 0.000000390. The summed E-state index contributed by atoms with van der Waals surface area (Å²) in [6.07, 6.45) is 3.12. The van der Waals surface area contributed by atoms with Crippen LogP contribution in [-0.2, 0) is 9.59 Å². The van der Waals surface area contributed by atoms with Crippen LogP contribution in [0.3, 0.4) is 0 Å². The van der Waals surface area contributed by atoms with E-state index in [4.69, 9.17) is 0 Å². The first-order chi connectivity index (χ1) is 9.65. The average molecular weight is 590 g/mol. The fourth-order valence-electron chi connectivity index (χ4n) is 1.31. The van der Waals surface area contributed by atoms with E-state index in [0.29, 0.717) is 29.9 Å². The van der Waals surface area contributed by atoms with Crippen LogP contribution in [0.5, 0.6) is 0 Å². The molecule has 2 aliphatic rings. The summed E-state index contributed by atoms with van der Waals surface area (Å²) in [7, 11) is 0. The first-order valence-electron chi connectivity index (χ1n) is 5.62. The van der Waals surface area contributed by atoms with Crippen LogP contribution in [0.2, 0.25) is 21.3 Å². The van der Waals surface area contributed by atoms with Gasteiger partial charge in [-0.1, -0.05) is 7.43 Å². The van der Waals surface area contributed by atoms with Crippen LogP contribution in [0, 0.1) is 0 Å². The van der Waals surface area contributed by atoms with E-state index < -0.39 is 0 Å². The third kappa shape index (κ3) is 10.8. The van der Waals surface area contributed by atoms with E-state index in [1.165, 1.54) is 10.6 Å². The third-order valence-electron chi connectivity index (χ3n) is 2.06. The number of thiol groups is 2. The molecule has 2 heterocycles. The molecule has 4 atom stereocenters. The summed E-state index contributed by atoms with van der Waals surface area (Å²) >= 11 is 11.0. The van der Waals surface area contributed by atoms with Crippen molar-refractivity contribution >= 4 is 97.2 Å². The van der Waals surface area contributed by atoms with E-state index in [0.717, 1.165) is 33.9 Å². The second-order valence-electron chi connectivity index (χ2n) is 3.61. The van der Waals surface area contributed by atoms with Crippen molar-refractivity contribution in [2.24, 2.45) is 9.98 Å². The molecule has 0 saturated carbocycles. The van der Waals surface area contributed by atoms with Gasteiger partial charge in [-0.05, 0) is 0 Å². The van der Waals surface area contributed by atoms with Crippen molar-refractivity contribution in [1.29, 1.82) is 0 Å². The van der Waals surface area contributed by atoms with Crippen LogP contribution < -0.4 is 0 Å². The van der Waals surface area contributed by atoms with Crippen molar-refractivity contribution in [3.8, 4) is 0 Å². The van der Waals surface area contributed by atoms with Crippen molar-refractivity contribution < 1.29 is 9.59 Å². The van der Waals surface area contributed by atoms with Gasteiger partial charge in [0.2, 0.25) is 0 Å². The molecular weight excluding hydrogens is 572 g/mol. The van der Waals surface area contributed by atoms with E-state index in [1.54, 1.807) is 12.2 Å². The van der Waals surface area contributed by atoms with Crippen LogP contribution in [0.1, 0.15) is 7.43 Å². The summed E-state index contributed by atoms with van der Waals surface area (Å²) in [5.74, 6) is 0. The third-order valence-corrected chi connectivity index (χ3v) is 18.3. The van der Waals surface area contributed by atoms with Crippen LogP contribution in [0.25, 0.3) is 0 Å². The Morgan fingerprint density at radius 2 is 1.24 bits per heavy atom. The molecule has 0 spiro atoms. The minimum atomic E-state index is 0. The number of rotatable bonds is 2. The molecule has 2 aliphatic heterocycles. The van der Waals surface area contributed by atoms with Gasteiger partial charge in [-0.2, -0.15) is 0 Å². The fourth-order valence-corrected chi connectivity index (χ4v) is 17.2. The summed E-state index contributed by atoms with van der Waals surface area (Å²) in [6.45, 7) is 0. The van der Waals surface area contributed by atoms with Crippen molar-refractivity contribution in [1.82, 2.24) is 0 Å². The Labute approximate surface area is 162 Å². The fraction of sp³-hybridized carbons (Fsp3) is 0.818. The second kappa shape index (κ2) is 13.9. The average Bonchev–Trinajstić information content (AvgIpc) is 2.40. The zero-order valence-corrected chi connectivity index (χ0v) is 19.0. The number of hydrogen-bond donors (Lipinski definition) is 2. The van der Waals surface area contributed by atoms with Crippen molar-refractivity contribution in [3.63, 3.8) is 0 Å². The maximum atomic E-state index is 9.95. The molecule has 120 valence electrons. The standard InChI is InChI=1S/C6H6N2O2Se2.C4H8S2Se2.CH4/c9-3-7-5-1-11-2-6(12-5)8-4-10;5-3-1-7-2-4(6)8-3;/h5-6H,1-2H2;3-6H,1-2H2;1H4. The molecule has 4 nitrogen and oxygen atoms in total. The molecule has 21 heavy (non-hydrogen) atoms. The SMILES string of the molecule is C.O=C=NC1C[Se]CC(N=C=O)[Se]1.SC1C[Se]CC(S)[Se]1. The summed E-state index contributed by atoms with van der Waals surface area (Å²) in [5, 5.41) is 4.75. The van der Waals surface area contributed by atoms with Gasteiger partial charge in [0, 0.05) is 0 Å². The zero-order valence-electron chi connectivity index (χ0n) is 10.4. The molecule has 0 aromatic carbocycles. The first-order valence-corrected chi connectivity index (χ1v) is 15.5. The second-order valence-corrected chi connectivity index (χ2v) is 16.7. The normalized spacial score (nSPS) is 31.3. The topological polar surface area (TPSA) is 58.9 Å². The first kappa shape index (κ1) is 22.5. The van der Waals surface area contributed by atoms with Gasteiger partial charge in [0.1, 0.15) is 0 Å². The Hall–Kier alpha value is 1.54. The molecule has 2 rings (SSSR count). The molecule has 0 bridgehead atoms. The van der Waals surface area contributed by atoms with Gasteiger partial charge >= 0.3 is 156 Å². The molecule has 4 unspecified atom stereocenters. The van der Waals surface area contributed by atoms with E-state index in [2.05, 4.69) is 35.2 Å². The van der Waals surface area contributed by atoms with Crippen molar-refractivity contribution in [2.75, 3.05) is 0 Å². The molecule has 10 heteroatoms. The number of hydrogen-bond acceptors (Lipinski definition) is 6. The summed E-state index contributed by atoms with van der Waals surface area (Å²) in [6, 6.07) is 0. The Morgan fingerprint density at radius 1 is 0.810 bits per heavy atom. The van der Waals surface area contributed by atoms with Gasteiger partial charge in [0.15, 0.2) is 0 Å². The molecule has 0 aromatic heterocycles. The van der Waals surface area contributed by atoms with Gasteiger partial charge in [-0.25, -0.2) is 0 Å². The molecule has 2 saturated heterocycles. The summed E-state index contributed by atoms with van der Waals surface area (Å²) in [4.78, 5) is 27.4. The minimum absolute atomic E-state index is 0. The molecular formula is C11H18N2O2S2Se4. The van der Waals surface area contributed by atoms with Gasteiger partial charge in [-0.3, -0.25) is 0 Å². The van der Waals surface area contributed by atoms with Crippen LogP contribution in [-0.4, -0.2) is 90.2 Å². The van der Waals surface area contributed by atoms with Gasteiger partial charge in [0.25, 0.3) is 0 Å². The number of nitrogens with zero attached hydrogens (tertiary/aromatic N) is 2. The monoisotopic (exact) mass is 594 g/mol. The predicted molar refractivity (Wildman–Crippen MR) is 98.3 cm³/mol. The van der Waals surface area contributed by atoms with E-state index in [-0.39, 0.29) is 32.3 Å². The van der Waals surface area contributed by atoms with Crippen LogP contribution in [0.15, 0.2) is 9.98 Å². The van der Waals surface area contributed by atoms with E-state index in [1.807, 2.05) is 0 Å². The van der Waals surface area contributed by atoms with Crippen LogP contribution >= 0.6 is 25.3 Å². The molecule has 0 aliphatic carbocycles. The van der Waals surface area contributed by atoms with Crippen molar-refractivity contribution in [3.05, 3.63) is 0 Å². The Kier molecular flexibility index (Phi) is 14.9. The van der Waals surface area contributed by atoms with E-state index in [9.17, 15) is 9.59 Å². The number of aliphatic imine (C=N–C) groups is 2. The summed E-state index contributed by atoms with van der Waals surface area (Å²) < 4.78 is 1.44. The van der Waals surface area contributed by atoms with Crippen LogP contribution in [0.4, 0.5) is 0 Å². The van der Waals surface area contributed by atoms with Gasteiger partial charge in [0.05, 0.1) is 0 Å². The molecule has 2 fully saturated rings. The van der Waals surface area contributed by atoms with E-state index >= 15 is 0 Å². The predicted octanol–water partition coefficient (Wildman–Crippen LogP) is 0.962. The molecule has 0 amide bonds. The Bertz CT molecular complexity index is 360. The Morgan fingerprint density at radius 3 is 1.57 bits per heavy atom. The molecule has 0 aromatic rings. The number of carbonyl (C=O) groups excluding carboxylic acids is 2. The quantitative estimate of drug-likeness (QED) is 0.218. The van der Waals surface area contributed by atoms with Gasteiger partial charge < -0.3 is 0 Å².